The molecule has 1 saturated carbocycles. The molecular formula is C12H22N2O2. The van der Waals surface area contributed by atoms with Crippen molar-refractivity contribution < 1.29 is 9.59 Å². The normalized spacial score (nSPS) is 18.1. The van der Waals surface area contributed by atoms with Crippen molar-refractivity contribution >= 4 is 11.8 Å². The fourth-order valence-corrected chi connectivity index (χ4v) is 1.54. The van der Waals surface area contributed by atoms with Crippen molar-refractivity contribution in [2.24, 2.45) is 5.41 Å². The molecule has 16 heavy (non-hydrogen) atoms. The molecule has 1 fully saturated rings. The summed E-state index contributed by atoms with van der Waals surface area (Å²) in [4.78, 5) is 23.9. The van der Waals surface area contributed by atoms with E-state index < -0.39 is 5.41 Å². The Hall–Kier alpha value is -1.06. The maximum atomic E-state index is 12.0. The molecule has 2 N–H and O–H groups in total. The second kappa shape index (κ2) is 4.07. The van der Waals surface area contributed by atoms with Crippen molar-refractivity contribution in [2.75, 3.05) is 0 Å². The van der Waals surface area contributed by atoms with Crippen LogP contribution in [0.4, 0.5) is 0 Å². The second-order valence-electron chi connectivity index (χ2n) is 5.91. The third-order valence-electron chi connectivity index (χ3n) is 2.53. The smallest absolute Gasteiger partial charge is 0.236 e. The summed E-state index contributed by atoms with van der Waals surface area (Å²) in [6.07, 6.45) is 1.32. The molecule has 1 aliphatic rings. The summed E-state index contributed by atoms with van der Waals surface area (Å²) >= 11 is 0. The van der Waals surface area contributed by atoms with E-state index in [1.54, 1.807) is 0 Å². The Morgan fingerprint density at radius 2 is 1.62 bits per heavy atom. The van der Waals surface area contributed by atoms with Gasteiger partial charge in [0.15, 0.2) is 0 Å². The van der Waals surface area contributed by atoms with E-state index in [9.17, 15) is 9.59 Å². The van der Waals surface area contributed by atoms with Crippen LogP contribution in [0.2, 0.25) is 0 Å². The number of rotatable bonds is 3. The monoisotopic (exact) mass is 226 g/mol. The van der Waals surface area contributed by atoms with Gasteiger partial charge in [-0.1, -0.05) is 0 Å². The molecule has 2 amide bonds. The summed E-state index contributed by atoms with van der Waals surface area (Å²) in [6.45, 7) is 9.55. The molecule has 0 radical (unpaired) electrons. The summed E-state index contributed by atoms with van der Waals surface area (Å²) < 4.78 is 0. The van der Waals surface area contributed by atoms with Crippen LogP contribution in [0.5, 0.6) is 0 Å². The van der Waals surface area contributed by atoms with E-state index in [4.69, 9.17) is 0 Å². The quantitative estimate of drug-likeness (QED) is 0.711. The standard InChI is InChI=1S/C12H22N2O2/c1-8(2)13-9(15)12(6-7-12)10(16)14-11(3,4)5/h8H,6-7H2,1-5H3,(H,13,15)(H,14,16). The van der Waals surface area contributed by atoms with Crippen LogP contribution in [0.15, 0.2) is 0 Å². The summed E-state index contributed by atoms with van der Waals surface area (Å²) in [7, 11) is 0. The van der Waals surface area contributed by atoms with E-state index in [0.717, 1.165) is 0 Å². The lowest BCUT2D eigenvalue weighted by atomic mass is 10.0. The van der Waals surface area contributed by atoms with E-state index in [1.807, 2.05) is 34.6 Å². The first kappa shape index (κ1) is 13.0. The molecule has 0 atom stereocenters. The SMILES string of the molecule is CC(C)NC(=O)C1(C(=O)NC(C)(C)C)CC1. The maximum Gasteiger partial charge on any atom is 0.236 e. The maximum absolute atomic E-state index is 12.0. The Kier molecular flexibility index (Phi) is 3.31. The number of hydrogen-bond donors (Lipinski definition) is 2. The Balaban J connectivity index is 2.65. The van der Waals surface area contributed by atoms with E-state index in [0.29, 0.717) is 12.8 Å². The molecule has 0 aromatic heterocycles. The van der Waals surface area contributed by atoms with E-state index in [-0.39, 0.29) is 23.4 Å². The van der Waals surface area contributed by atoms with E-state index >= 15 is 0 Å². The highest BCUT2D eigenvalue weighted by Gasteiger charge is 2.57. The second-order valence-corrected chi connectivity index (χ2v) is 5.91. The van der Waals surface area contributed by atoms with Gasteiger partial charge in [-0.25, -0.2) is 0 Å². The fraction of sp³-hybridized carbons (Fsp3) is 0.833. The summed E-state index contributed by atoms with van der Waals surface area (Å²) in [6, 6.07) is 0.0763. The van der Waals surface area contributed by atoms with Gasteiger partial charge in [0.2, 0.25) is 11.8 Å². The zero-order valence-corrected chi connectivity index (χ0v) is 10.8. The molecule has 0 heterocycles. The first-order chi connectivity index (χ1) is 7.17. The molecule has 0 unspecified atom stereocenters. The molecule has 4 nitrogen and oxygen atoms in total. The lowest BCUT2D eigenvalue weighted by Crippen LogP contribution is -2.50. The van der Waals surface area contributed by atoms with Gasteiger partial charge >= 0.3 is 0 Å². The zero-order valence-electron chi connectivity index (χ0n) is 10.8. The fourth-order valence-electron chi connectivity index (χ4n) is 1.54. The number of carbonyl (C=O) groups excluding carboxylic acids is 2. The Bertz CT molecular complexity index is 299. The topological polar surface area (TPSA) is 58.2 Å². The minimum Gasteiger partial charge on any atom is -0.353 e. The van der Waals surface area contributed by atoms with Gasteiger partial charge < -0.3 is 10.6 Å². The van der Waals surface area contributed by atoms with Crippen LogP contribution >= 0.6 is 0 Å². The Labute approximate surface area is 97.2 Å². The number of carbonyl (C=O) groups is 2. The van der Waals surface area contributed by atoms with Crippen molar-refractivity contribution in [3.05, 3.63) is 0 Å². The van der Waals surface area contributed by atoms with Gasteiger partial charge in [0.05, 0.1) is 0 Å². The molecule has 0 spiro atoms. The zero-order chi connectivity index (χ0) is 12.6. The van der Waals surface area contributed by atoms with E-state index in [2.05, 4.69) is 10.6 Å². The van der Waals surface area contributed by atoms with E-state index in [1.165, 1.54) is 0 Å². The van der Waals surface area contributed by atoms with Gasteiger partial charge in [0.1, 0.15) is 5.41 Å². The van der Waals surface area contributed by atoms with Crippen LogP contribution in [-0.2, 0) is 9.59 Å². The van der Waals surface area contributed by atoms with Gasteiger partial charge in [-0.15, -0.1) is 0 Å². The van der Waals surface area contributed by atoms with Crippen molar-refractivity contribution in [1.29, 1.82) is 0 Å². The number of amides is 2. The predicted octanol–water partition coefficient (Wildman–Crippen LogP) is 1.21. The molecular weight excluding hydrogens is 204 g/mol. The molecule has 0 aliphatic heterocycles. The molecule has 1 rings (SSSR count). The molecule has 1 aliphatic carbocycles. The Morgan fingerprint density at radius 1 is 1.12 bits per heavy atom. The molecule has 0 saturated heterocycles. The lowest BCUT2D eigenvalue weighted by Gasteiger charge is -2.24. The molecule has 0 bridgehead atoms. The van der Waals surface area contributed by atoms with Crippen LogP contribution in [-0.4, -0.2) is 23.4 Å². The number of hydrogen-bond acceptors (Lipinski definition) is 2. The Morgan fingerprint density at radius 3 is 1.94 bits per heavy atom. The molecule has 0 aromatic rings. The van der Waals surface area contributed by atoms with Crippen molar-refractivity contribution in [1.82, 2.24) is 10.6 Å². The van der Waals surface area contributed by atoms with Crippen LogP contribution in [0.3, 0.4) is 0 Å². The van der Waals surface area contributed by atoms with Gasteiger partial charge in [-0.3, -0.25) is 9.59 Å². The van der Waals surface area contributed by atoms with Crippen LogP contribution < -0.4 is 10.6 Å². The molecule has 4 heteroatoms. The summed E-state index contributed by atoms with van der Waals surface area (Å²) in [5, 5.41) is 5.69. The third-order valence-corrected chi connectivity index (χ3v) is 2.53. The van der Waals surface area contributed by atoms with Crippen LogP contribution in [0, 0.1) is 5.41 Å². The van der Waals surface area contributed by atoms with Gasteiger partial charge in [-0.2, -0.15) is 0 Å². The van der Waals surface area contributed by atoms with Crippen LogP contribution in [0.25, 0.3) is 0 Å². The van der Waals surface area contributed by atoms with Gasteiger partial charge in [-0.05, 0) is 47.5 Å². The average Bonchev–Trinajstić information content (AvgIpc) is 2.77. The molecule has 92 valence electrons. The highest BCUT2D eigenvalue weighted by molar-refractivity contribution is 6.08. The van der Waals surface area contributed by atoms with Crippen LogP contribution in [0.1, 0.15) is 47.5 Å². The first-order valence-corrected chi connectivity index (χ1v) is 5.81. The summed E-state index contributed by atoms with van der Waals surface area (Å²) in [5.41, 5.74) is -1.08. The molecule has 0 aromatic carbocycles. The summed E-state index contributed by atoms with van der Waals surface area (Å²) in [5.74, 6) is -0.276. The lowest BCUT2D eigenvalue weighted by molar-refractivity contribution is -0.138. The average molecular weight is 226 g/mol. The van der Waals surface area contributed by atoms with Gasteiger partial charge in [0, 0.05) is 11.6 Å². The van der Waals surface area contributed by atoms with Crippen molar-refractivity contribution in [3.63, 3.8) is 0 Å². The van der Waals surface area contributed by atoms with Crippen molar-refractivity contribution in [3.8, 4) is 0 Å². The minimum atomic E-state index is -0.794. The number of nitrogens with one attached hydrogen (secondary N) is 2. The largest absolute Gasteiger partial charge is 0.353 e. The third kappa shape index (κ3) is 2.97. The highest BCUT2D eigenvalue weighted by atomic mass is 16.2. The minimum absolute atomic E-state index is 0.0763. The highest BCUT2D eigenvalue weighted by Crippen LogP contribution is 2.46. The predicted molar refractivity (Wildman–Crippen MR) is 62.8 cm³/mol. The van der Waals surface area contributed by atoms with Crippen molar-refractivity contribution in [2.45, 2.75) is 59.0 Å². The first-order valence-electron chi connectivity index (χ1n) is 5.81. The van der Waals surface area contributed by atoms with Gasteiger partial charge in [0.25, 0.3) is 0 Å².